The molecule has 254 valence electrons. The van der Waals surface area contributed by atoms with Crippen LogP contribution in [0.3, 0.4) is 0 Å². The van der Waals surface area contributed by atoms with E-state index in [1.807, 2.05) is 0 Å². The topological polar surface area (TPSA) is 196 Å². The number of hydrogen-bond acceptors (Lipinski definition) is 8. The number of nitrogens with zero attached hydrogens (tertiary/aromatic N) is 2. The third kappa shape index (κ3) is 8.95. The first-order chi connectivity index (χ1) is 22.3. The van der Waals surface area contributed by atoms with Crippen molar-refractivity contribution in [3.63, 3.8) is 0 Å². The van der Waals surface area contributed by atoms with Gasteiger partial charge in [0, 0.05) is 38.0 Å². The fraction of sp³-hybridized carbons (Fsp3) is 0.531. The van der Waals surface area contributed by atoms with Crippen LogP contribution in [0.5, 0.6) is 0 Å². The summed E-state index contributed by atoms with van der Waals surface area (Å²) in [4.78, 5) is 84.4. The number of halogens is 1. The highest BCUT2D eigenvalue weighted by Gasteiger charge is 2.44. The minimum atomic E-state index is -1.38. The second-order valence-electron chi connectivity index (χ2n) is 12.5. The van der Waals surface area contributed by atoms with Crippen molar-refractivity contribution in [3.05, 3.63) is 41.0 Å². The Morgan fingerprint density at radius 2 is 1.87 bits per heavy atom. The van der Waals surface area contributed by atoms with Crippen LogP contribution in [0, 0.1) is 5.41 Å². The number of methoxy groups -OCH3 is 1. The Morgan fingerprint density at radius 3 is 2.60 bits per heavy atom. The smallest absolute Gasteiger partial charge is 0.326 e. The summed E-state index contributed by atoms with van der Waals surface area (Å²) in [5.41, 5.74) is -0.448. The Morgan fingerprint density at radius 1 is 1.11 bits per heavy atom. The number of para-hydroxylation sites is 1. The summed E-state index contributed by atoms with van der Waals surface area (Å²) in [6, 6.07) is 4.15. The fourth-order valence-electron chi connectivity index (χ4n) is 5.76. The highest BCUT2D eigenvalue weighted by Crippen LogP contribution is 2.25. The number of hydrogen-bond donors (Lipinski definition) is 5. The van der Waals surface area contributed by atoms with Crippen LogP contribution in [0.2, 0.25) is 5.02 Å². The number of carboxylic acid groups (broad SMARTS) is 1. The highest BCUT2D eigenvalue weighted by molar-refractivity contribution is 6.35. The maximum absolute atomic E-state index is 14.2. The SMILES string of the molecule is COCC(C)(C)C(=O)N[C@@H]1C[C@H]2C(=O)N[C@H](C(=O)O)CCC(=O)NCCCC[C@H](NC(=O)c3ccc4cccc(Cl)c4n3)C(=O)N2C1. The average molecular weight is 673 g/mol. The van der Waals surface area contributed by atoms with Gasteiger partial charge in [0.05, 0.1) is 22.6 Å². The molecule has 4 atom stereocenters. The van der Waals surface area contributed by atoms with E-state index < -0.39 is 53.3 Å². The van der Waals surface area contributed by atoms with E-state index in [4.69, 9.17) is 16.3 Å². The number of rotatable bonds is 7. The van der Waals surface area contributed by atoms with Gasteiger partial charge in [0.1, 0.15) is 23.8 Å². The number of fused-ring (bicyclic) bond motifs is 2. The third-order valence-electron chi connectivity index (χ3n) is 8.37. The van der Waals surface area contributed by atoms with Crippen molar-refractivity contribution in [2.75, 3.05) is 26.8 Å². The molecule has 2 saturated heterocycles. The summed E-state index contributed by atoms with van der Waals surface area (Å²) >= 11 is 6.30. The Kier molecular flexibility index (Phi) is 11.7. The zero-order valence-electron chi connectivity index (χ0n) is 26.6. The molecule has 2 fully saturated rings. The van der Waals surface area contributed by atoms with Gasteiger partial charge in [0.25, 0.3) is 5.91 Å². The monoisotopic (exact) mass is 672 g/mol. The number of nitrogens with one attached hydrogen (secondary N) is 4. The zero-order valence-corrected chi connectivity index (χ0v) is 27.4. The first kappa shape index (κ1) is 35.6. The molecular formula is C32H41ClN6O8. The number of carbonyl (C=O) groups excluding carboxylic acids is 5. The van der Waals surface area contributed by atoms with Crippen molar-refractivity contribution in [2.24, 2.45) is 5.41 Å². The summed E-state index contributed by atoms with van der Waals surface area (Å²) in [6.45, 7) is 3.75. The molecule has 1 aromatic carbocycles. The van der Waals surface area contributed by atoms with Gasteiger partial charge < -0.3 is 36.0 Å². The second kappa shape index (κ2) is 15.5. The van der Waals surface area contributed by atoms with E-state index in [1.54, 1.807) is 38.1 Å². The van der Waals surface area contributed by atoms with Crippen molar-refractivity contribution < 1.29 is 38.6 Å². The molecule has 0 saturated carbocycles. The van der Waals surface area contributed by atoms with E-state index in [0.717, 1.165) is 5.39 Å². The third-order valence-corrected chi connectivity index (χ3v) is 8.67. The van der Waals surface area contributed by atoms with Crippen LogP contribution in [0.15, 0.2) is 30.3 Å². The molecule has 2 aliphatic rings. The normalized spacial score (nSPS) is 23.1. The molecule has 0 bridgehead atoms. The van der Waals surface area contributed by atoms with E-state index in [-0.39, 0.29) is 62.9 Å². The molecule has 0 aliphatic carbocycles. The number of pyridine rings is 1. The molecule has 5 N–H and O–H groups in total. The standard InChI is InChI=1S/C32H41ClN6O8/c1-32(2,17-47-3)31(46)35-19-15-24-28(42)38-23(30(44)45)12-13-25(40)34-14-5-4-9-22(29(43)39(24)16-19)37-27(41)21-11-10-18-7-6-8-20(33)26(18)36-21/h6-8,10-11,19,22-24H,4-5,9,12-17H2,1-3H3,(H,34,40)(H,35,46)(H,37,41)(H,38,42)(H,44,45)/t19-,22+,23+,24+/m1/s1. The lowest BCUT2D eigenvalue weighted by molar-refractivity contribution is -0.144. The maximum Gasteiger partial charge on any atom is 0.326 e. The minimum Gasteiger partial charge on any atom is -0.480 e. The van der Waals surface area contributed by atoms with Crippen LogP contribution < -0.4 is 21.3 Å². The number of benzene rings is 1. The van der Waals surface area contributed by atoms with E-state index in [9.17, 15) is 33.9 Å². The number of ether oxygens (including phenoxy) is 1. The predicted octanol–water partition coefficient (Wildman–Crippen LogP) is 1.39. The van der Waals surface area contributed by atoms with Crippen LogP contribution in [-0.4, -0.2) is 101 Å². The molecule has 15 heteroatoms. The lowest BCUT2D eigenvalue weighted by Gasteiger charge is -2.29. The number of aromatic nitrogens is 1. The lowest BCUT2D eigenvalue weighted by atomic mass is 9.93. The van der Waals surface area contributed by atoms with Gasteiger partial charge >= 0.3 is 5.97 Å². The Bertz CT molecular complexity index is 1530. The van der Waals surface area contributed by atoms with E-state index in [0.29, 0.717) is 23.4 Å². The average Bonchev–Trinajstić information content (AvgIpc) is 3.45. The van der Waals surface area contributed by atoms with E-state index in [2.05, 4.69) is 26.3 Å². The van der Waals surface area contributed by atoms with Gasteiger partial charge in [-0.2, -0.15) is 0 Å². The van der Waals surface area contributed by atoms with Crippen LogP contribution in [0.25, 0.3) is 10.9 Å². The van der Waals surface area contributed by atoms with Crippen molar-refractivity contribution in [1.82, 2.24) is 31.2 Å². The quantitative estimate of drug-likeness (QED) is 0.289. The molecule has 0 spiro atoms. The molecule has 2 aliphatic heterocycles. The van der Waals surface area contributed by atoms with Gasteiger partial charge in [0.2, 0.25) is 23.6 Å². The zero-order chi connectivity index (χ0) is 34.3. The molecule has 0 unspecified atom stereocenters. The highest BCUT2D eigenvalue weighted by atomic mass is 35.5. The Balaban J connectivity index is 1.64. The maximum atomic E-state index is 14.2. The first-order valence-electron chi connectivity index (χ1n) is 15.6. The van der Waals surface area contributed by atoms with Gasteiger partial charge in [0.15, 0.2) is 0 Å². The first-order valence-corrected chi connectivity index (χ1v) is 15.9. The van der Waals surface area contributed by atoms with Crippen molar-refractivity contribution in [1.29, 1.82) is 0 Å². The number of aliphatic carboxylic acids is 1. The van der Waals surface area contributed by atoms with Gasteiger partial charge in [-0.3, -0.25) is 24.0 Å². The molecule has 47 heavy (non-hydrogen) atoms. The van der Waals surface area contributed by atoms with E-state index in [1.165, 1.54) is 18.1 Å². The molecule has 3 heterocycles. The van der Waals surface area contributed by atoms with Gasteiger partial charge in [-0.1, -0.05) is 29.8 Å². The van der Waals surface area contributed by atoms with Gasteiger partial charge in [-0.25, -0.2) is 9.78 Å². The summed E-state index contributed by atoms with van der Waals surface area (Å²) in [6.07, 6.45) is 0.812. The molecular weight excluding hydrogens is 632 g/mol. The van der Waals surface area contributed by atoms with Crippen molar-refractivity contribution in [3.8, 4) is 0 Å². The van der Waals surface area contributed by atoms with Crippen LogP contribution in [-0.2, 0) is 28.7 Å². The summed E-state index contributed by atoms with van der Waals surface area (Å²) in [7, 11) is 1.48. The largest absolute Gasteiger partial charge is 0.480 e. The van der Waals surface area contributed by atoms with Crippen molar-refractivity contribution in [2.45, 2.75) is 76.5 Å². The fourth-order valence-corrected chi connectivity index (χ4v) is 5.98. The Hall–Kier alpha value is -4.30. The lowest BCUT2D eigenvalue weighted by Crippen LogP contribution is -2.55. The molecule has 4 rings (SSSR count). The molecule has 2 aromatic rings. The number of carbonyl (C=O) groups is 6. The Labute approximate surface area is 277 Å². The summed E-state index contributed by atoms with van der Waals surface area (Å²) in [5.74, 6) is -3.99. The summed E-state index contributed by atoms with van der Waals surface area (Å²) < 4.78 is 5.17. The van der Waals surface area contributed by atoms with Crippen LogP contribution in [0.1, 0.15) is 62.9 Å². The van der Waals surface area contributed by atoms with Crippen LogP contribution >= 0.6 is 11.6 Å². The van der Waals surface area contributed by atoms with Gasteiger partial charge in [-0.05, 0) is 58.1 Å². The van der Waals surface area contributed by atoms with Gasteiger partial charge in [-0.15, -0.1) is 0 Å². The van der Waals surface area contributed by atoms with Crippen LogP contribution in [0.4, 0.5) is 0 Å². The summed E-state index contributed by atoms with van der Waals surface area (Å²) in [5, 5.41) is 21.7. The molecule has 1 aromatic heterocycles. The van der Waals surface area contributed by atoms with Crippen molar-refractivity contribution >= 4 is 58.0 Å². The number of carboxylic acids is 1. The molecule has 0 radical (unpaired) electrons. The number of amides is 5. The second-order valence-corrected chi connectivity index (χ2v) is 13.0. The molecule has 14 nitrogen and oxygen atoms in total. The molecule has 5 amide bonds. The minimum absolute atomic E-state index is 0.00456. The van der Waals surface area contributed by atoms with E-state index >= 15 is 0 Å². The predicted molar refractivity (Wildman–Crippen MR) is 171 cm³/mol.